The zero-order valence-corrected chi connectivity index (χ0v) is 10.0. The van der Waals surface area contributed by atoms with Crippen LogP contribution in [0.25, 0.3) is 0 Å². The van der Waals surface area contributed by atoms with E-state index in [0.29, 0.717) is 0 Å². The number of rotatable bonds is 1. The second-order valence-corrected chi connectivity index (χ2v) is 3.75. The second-order valence-electron chi connectivity index (χ2n) is 3.75. The van der Waals surface area contributed by atoms with Crippen LogP contribution in [-0.2, 0) is 9.59 Å². The Morgan fingerprint density at radius 1 is 1.28 bits per heavy atom. The number of likely N-dealkylation sites (N-methyl/N-ethyl adjacent to an activating group) is 1. The van der Waals surface area contributed by atoms with Crippen LogP contribution >= 0.6 is 0 Å². The molecule has 106 valence electrons. The molecule has 0 bridgehead atoms. The standard InChI is InChI=1S/C7H15N3O.C2HF3O2/c1-10(2)7(11)6-5-8-3-4-9-6;3-2(4,5)1(6)7/h6,8-9H,3-5H2,1-2H3;(H,6,7). The molecule has 0 saturated carbocycles. The van der Waals surface area contributed by atoms with E-state index in [1.807, 2.05) is 0 Å². The number of aliphatic carboxylic acids is 1. The van der Waals surface area contributed by atoms with E-state index in [4.69, 9.17) is 9.90 Å². The van der Waals surface area contributed by atoms with Gasteiger partial charge in [0.2, 0.25) is 5.91 Å². The van der Waals surface area contributed by atoms with Crippen molar-refractivity contribution in [3.63, 3.8) is 0 Å². The Labute approximate surface area is 102 Å². The predicted octanol–water partition coefficient (Wildman–Crippen LogP) is -0.731. The van der Waals surface area contributed by atoms with Gasteiger partial charge >= 0.3 is 12.1 Å². The van der Waals surface area contributed by atoms with E-state index < -0.39 is 12.1 Å². The number of nitrogens with zero attached hydrogens (tertiary/aromatic N) is 1. The summed E-state index contributed by atoms with van der Waals surface area (Å²) in [5.74, 6) is -2.61. The Morgan fingerprint density at radius 3 is 2.06 bits per heavy atom. The van der Waals surface area contributed by atoms with Crippen LogP contribution < -0.4 is 10.6 Å². The number of hydrogen-bond acceptors (Lipinski definition) is 4. The van der Waals surface area contributed by atoms with Crippen LogP contribution in [0.5, 0.6) is 0 Å². The molecule has 0 aromatic carbocycles. The van der Waals surface area contributed by atoms with Gasteiger partial charge in [0.25, 0.3) is 0 Å². The van der Waals surface area contributed by atoms with Crippen LogP contribution in [0, 0.1) is 0 Å². The van der Waals surface area contributed by atoms with E-state index in [1.165, 1.54) is 0 Å². The van der Waals surface area contributed by atoms with Crippen molar-refractivity contribution in [1.82, 2.24) is 15.5 Å². The fourth-order valence-electron chi connectivity index (χ4n) is 1.14. The first-order chi connectivity index (χ1) is 8.16. The number of carboxylic acid groups (broad SMARTS) is 1. The van der Waals surface area contributed by atoms with Gasteiger partial charge in [-0.15, -0.1) is 0 Å². The summed E-state index contributed by atoms with van der Waals surface area (Å²) in [7, 11) is 3.55. The lowest BCUT2D eigenvalue weighted by Gasteiger charge is -2.25. The Balaban J connectivity index is 0.000000360. The van der Waals surface area contributed by atoms with Crippen molar-refractivity contribution in [3.8, 4) is 0 Å². The summed E-state index contributed by atoms with van der Waals surface area (Å²) in [6, 6.07) is -0.0289. The molecule has 9 heteroatoms. The molecule has 0 aliphatic carbocycles. The topological polar surface area (TPSA) is 81.7 Å². The number of nitrogens with one attached hydrogen (secondary N) is 2. The fourth-order valence-corrected chi connectivity index (χ4v) is 1.14. The van der Waals surface area contributed by atoms with Crippen LogP contribution in [-0.4, -0.2) is 67.8 Å². The van der Waals surface area contributed by atoms with Gasteiger partial charge in [0.05, 0.1) is 6.04 Å². The monoisotopic (exact) mass is 271 g/mol. The molecule has 0 spiro atoms. The first-order valence-electron chi connectivity index (χ1n) is 5.11. The van der Waals surface area contributed by atoms with E-state index in [1.54, 1.807) is 19.0 Å². The smallest absolute Gasteiger partial charge is 0.475 e. The van der Waals surface area contributed by atoms with Crippen molar-refractivity contribution in [3.05, 3.63) is 0 Å². The van der Waals surface area contributed by atoms with Gasteiger partial charge in [0.1, 0.15) is 0 Å². The maximum atomic E-state index is 11.3. The maximum Gasteiger partial charge on any atom is 0.490 e. The third-order valence-electron chi connectivity index (χ3n) is 2.02. The molecule has 1 amide bonds. The van der Waals surface area contributed by atoms with Gasteiger partial charge in [-0.3, -0.25) is 4.79 Å². The van der Waals surface area contributed by atoms with Crippen LogP contribution in [0.1, 0.15) is 0 Å². The van der Waals surface area contributed by atoms with Crippen LogP contribution in [0.15, 0.2) is 0 Å². The molecule has 1 saturated heterocycles. The van der Waals surface area contributed by atoms with E-state index in [9.17, 15) is 18.0 Å². The number of halogens is 3. The highest BCUT2D eigenvalue weighted by molar-refractivity contribution is 5.81. The average molecular weight is 271 g/mol. The van der Waals surface area contributed by atoms with Crippen molar-refractivity contribution in [1.29, 1.82) is 0 Å². The summed E-state index contributed by atoms with van der Waals surface area (Å²) in [6.45, 7) is 2.58. The zero-order valence-electron chi connectivity index (χ0n) is 10.0. The highest BCUT2D eigenvalue weighted by Gasteiger charge is 2.38. The molecule has 1 fully saturated rings. The van der Waals surface area contributed by atoms with E-state index in [0.717, 1.165) is 19.6 Å². The normalized spacial score (nSPS) is 19.5. The van der Waals surface area contributed by atoms with Crippen LogP contribution in [0.4, 0.5) is 13.2 Å². The van der Waals surface area contributed by atoms with E-state index in [-0.39, 0.29) is 11.9 Å². The molecule has 1 aliphatic rings. The van der Waals surface area contributed by atoms with Gasteiger partial charge in [-0.05, 0) is 0 Å². The summed E-state index contributed by atoms with van der Waals surface area (Å²) in [5, 5.41) is 13.4. The van der Waals surface area contributed by atoms with Crippen molar-refractivity contribution in [2.45, 2.75) is 12.2 Å². The number of hydrogen-bond donors (Lipinski definition) is 3. The van der Waals surface area contributed by atoms with Crippen LogP contribution in [0.2, 0.25) is 0 Å². The van der Waals surface area contributed by atoms with Crippen molar-refractivity contribution in [2.75, 3.05) is 33.7 Å². The Kier molecular flexibility index (Phi) is 6.63. The molecule has 1 atom stereocenters. The molecule has 0 aromatic heterocycles. The van der Waals surface area contributed by atoms with Gasteiger partial charge < -0.3 is 20.6 Å². The summed E-state index contributed by atoms with van der Waals surface area (Å²) in [4.78, 5) is 21.8. The predicted molar refractivity (Wildman–Crippen MR) is 57.0 cm³/mol. The summed E-state index contributed by atoms with van der Waals surface area (Å²) >= 11 is 0. The first kappa shape index (κ1) is 16.6. The van der Waals surface area contributed by atoms with Crippen molar-refractivity contribution < 1.29 is 27.9 Å². The molecule has 18 heavy (non-hydrogen) atoms. The molecule has 1 aliphatic heterocycles. The molecule has 0 radical (unpaired) electrons. The lowest BCUT2D eigenvalue weighted by molar-refractivity contribution is -0.192. The van der Waals surface area contributed by atoms with Crippen molar-refractivity contribution in [2.24, 2.45) is 0 Å². The molecule has 0 aromatic rings. The lowest BCUT2D eigenvalue weighted by Crippen LogP contribution is -2.55. The number of carbonyl (C=O) groups is 2. The fraction of sp³-hybridized carbons (Fsp3) is 0.778. The highest BCUT2D eigenvalue weighted by atomic mass is 19.4. The Morgan fingerprint density at radius 2 is 1.78 bits per heavy atom. The number of carboxylic acids is 1. The van der Waals surface area contributed by atoms with Gasteiger partial charge in [0, 0.05) is 33.7 Å². The molecule has 1 heterocycles. The summed E-state index contributed by atoms with van der Waals surface area (Å²) in [5.41, 5.74) is 0. The van der Waals surface area contributed by atoms with Gasteiger partial charge in [0.15, 0.2) is 0 Å². The first-order valence-corrected chi connectivity index (χ1v) is 5.11. The minimum atomic E-state index is -5.08. The second kappa shape index (κ2) is 7.17. The Bertz CT molecular complexity index is 289. The molecular weight excluding hydrogens is 255 g/mol. The minimum Gasteiger partial charge on any atom is -0.475 e. The average Bonchev–Trinajstić information content (AvgIpc) is 2.28. The molecule has 1 rings (SSSR count). The molecule has 1 unspecified atom stereocenters. The van der Waals surface area contributed by atoms with Gasteiger partial charge in [-0.2, -0.15) is 13.2 Å². The van der Waals surface area contributed by atoms with E-state index in [2.05, 4.69) is 10.6 Å². The lowest BCUT2D eigenvalue weighted by atomic mass is 10.2. The maximum absolute atomic E-state index is 11.3. The number of carbonyl (C=O) groups excluding carboxylic acids is 1. The number of piperazine rings is 1. The quantitative estimate of drug-likeness (QED) is 0.586. The van der Waals surface area contributed by atoms with E-state index >= 15 is 0 Å². The number of alkyl halides is 3. The molecular formula is C9H16F3N3O3. The van der Waals surface area contributed by atoms with Gasteiger partial charge in [-0.25, -0.2) is 4.79 Å². The molecule has 3 N–H and O–H groups in total. The SMILES string of the molecule is CN(C)C(=O)C1CNCCN1.O=C(O)C(F)(F)F. The van der Waals surface area contributed by atoms with Crippen molar-refractivity contribution >= 4 is 11.9 Å². The Hall–Kier alpha value is -1.35. The minimum absolute atomic E-state index is 0.0289. The summed E-state index contributed by atoms with van der Waals surface area (Å²) < 4.78 is 31.7. The molecule has 6 nitrogen and oxygen atoms in total. The van der Waals surface area contributed by atoms with Gasteiger partial charge in [-0.1, -0.05) is 0 Å². The number of amides is 1. The van der Waals surface area contributed by atoms with Crippen LogP contribution in [0.3, 0.4) is 0 Å². The third-order valence-corrected chi connectivity index (χ3v) is 2.02. The largest absolute Gasteiger partial charge is 0.490 e. The highest BCUT2D eigenvalue weighted by Crippen LogP contribution is 2.13. The zero-order chi connectivity index (χ0) is 14.3. The third kappa shape index (κ3) is 6.40. The summed E-state index contributed by atoms with van der Waals surface area (Å²) in [6.07, 6.45) is -5.08.